The first-order valence-electron chi connectivity index (χ1n) is 8.68. The van der Waals surface area contributed by atoms with Crippen LogP contribution in [0.2, 0.25) is 0 Å². The normalized spacial score (nSPS) is 17.8. The van der Waals surface area contributed by atoms with Gasteiger partial charge in [0.1, 0.15) is 17.8 Å². The van der Waals surface area contributed by atoms with Crippen molar-refractivity contribution in [3.8, 4) is 0 Å². The minimum Gasteiger partial charge on any atom is -0.378 e. The van der Waals surface area contributed by atoms with E-state index >= 15 is 0 Å². The van der Waals surface area contributed by atoms with E-state index in [-0.39, 0.29) is 5.91 Å². The van der Waals surface area contributed by atoms with Crippen molar-refractivity contribution in [2.45, 2.75) is 12.8 Å². The number of carbonyl (C=O) groups is 1. The SMILES string of the molecule is O=C(c1ccccn1)N1CCc2ncnc(N3CCOCC3)c2CC1. The average Bonchev–Trinajstić information content (AvgIpc) is 2.91. The summed E-state index contributed by atoms with van der Waals surface area (Å²) in [6.07, 6.45) is 4.80. The summed E-state index contributed by atoms with van der Waals surface area (Å²) in [4.78, 5) is 30.0. The lowest BCUT2D eigenvalue weighted by molar-refractivity contribution is 0.0757. The van der Waals surface area contributed by atoms with Crippen molar-refractivity contribution < 1.29 is 9.53 Å². The van der Waals surface area contributed by atoms with Crippen LogP contribution < -0.4 is 4.90 Å². The van der Waals surface area contributed by atoms with Crippen molar-refractivity contribution in [3.63, 3.8) is 0 Å². The molecule has 2 aromatic rings. The number of morpholine rings is 1. The van der Waals surface area contributed by atoms with Crippen molar-refractivity contribution in [1.29, 1.82) is 0 Å². The third kappa shape index (κ3) is 3.32. The number of nitrogens with zero attached hydrogens (tertiary/aromatic N) is 5. The zero-order valence-electron chi connectivity index (χ0n) is 14.1. The molecule has 1 saturated heterocycles. The topological polar surface area (TPSA) is 71.5 Å². The molecule has 7 heteroatoms. The van der Waals surface area contributed by atoms with E-state index < -0.39 is 0 Å². The number of pyridine rings is 1. The number of aromatic nitrogens is 3. The fourth-order valence-electron chi connectivity index (χ4n) is 3.41. The minimum atomic E-state index is -0.0192. The fourth-order valence-corrected chi connectivity index (χ4v) is 3.41. The van der Waals surface area contributed by atoms with Gasteiger partial charge < -0.3 is 14.5 Å². The van der Waals surface area contributed by atoms with E-state index in [1.54, 1.807) is 18.6 Å². The van der Waals surface area contributed by atoms with Crippen LogP contribution in [-0.2, 0) is 17.6 Å². The number of carbonyl (C=O) groups excluding carboxylic acids is 1. The highest BCUT2D eigenvalue weighted by Gasteiger charge is 2.25. The Morgan fingerprint density at radius 1 is 1.00 bits per heavy atom. The lowest BCUT2D eigenvalue weighted by Gasteiger charge is -2.29. The molecule has 0 N–H and O–H groups in total. The van der Waals surface area contributed by atoms with Gasteiger partial charge in [0.25, 0.3) is 5.91 Å². The molecule has 1 fully saturated rings. The first kappa shape index (κ1) is 16.0. The molecular weight excluding hydrogens is 318 g/mol. The Kier molecular flexibility index (Phi) is 4.56. The van der Waals surface area contributed by atoms with Crippen LogP contribution in [0.4, 0.5) is 5.82 Å². The number of fused-ring (bicyclic) bond motifs is 1. The lowest BCUT2D eigenvalue weighted by Crippen LogP contribution is -2.37. The highest BCUT2D eigenvalue weighted by Crippen LogP contribution is 2.24. The van der Waals surface area contributed by atoms with E-state index in [2.05, 4.69) is 19.9 Å². The van der Waals surface area contributed by atoms with Gasteiger partial charge >= 0.3 is 0 Å². The van der Waals surface area contributed by atoms with E-state index in [4.69, 9.17) is 4.74 Å². The Labute approximate surface area is 146 Å². The number of ether oxygens (including phenoxy) is 1. The van der Waals surface area contributed by atoms with Crippen LogP contribution in [-0.4, -0.2) is 65.2 Å². The molecule has 4 rings (SSSR count). The highest BCUT2D eigenvalue weighted by molar-refractivity contribution is 5.92. The zero-order valence-corrected chi connectivity index (χ0v) is 14.1. The molecule has 0 aromatic carbocycles. The predicted octanol–water partition coefficient (Wildman–Crippen LogP) is 0.949. The third-order valence-electron chi connectivity index (χ3n) is 4.74. The van der Waals surface area contributed by atoms with Crippen LogP contribution in [0.3, 0.4) is 0 Å². The molecule has 0 spiro atoms. The highest BCUT2D eigenvalue weighted by atomic mass is 16.5. The van der Waals surface area contributed by atoms with Gasteiger partial charge in [-0.2, -0.15) is 0 Å². The Balaban J connectivity index is 1.55. The van der Waals surface area contributed by atoms with Gasteiger partial charge in [-0.25, -0.2) is 9.97 Å². The summed E-state index contributed by atoms with van der Waals surface area (Å²) in [7, 11) is 0. The Morgan fingerprint density at radius 2 is 1.84 bits per heavy atom. The number of anilines is 1. The molecule has 2 aliphatic rings. The van der Waals surface area contributed by atoms with Crippen LogP contribution in [0, 0.1) is 0 Å². The number of rotatable bonds is 2. The van der Waals surface area contributed by atoms with Crippen molar-refractivity contribution in [2.24, 2.45) is 0 Å². The molecule has 2 aliphatic heterocycles. The molecule has 0 bridgehead atoms. The minimum absolute atomic E-state index is 0.0192. The Hall–Kier alpha value is -2.54. The van der Waals surface area contributed by atoms with E-state index in [0.717, 1.165) is 50.7 Å². The van der Waals surface area contributed by atoms with Gasteiger partial charge in [-0.3, -0.25) is 9.78 Å². The summed E-state index contributed by atoms with van der Waals surface area (Å²) in [5, 5.41) is 0. The van der Waals surface area contributed by atoms with Gasteiger partial charge in [0, 0.05) is 44.4 Å². The van der Waals surface area contributed by atoms with Crippen LogP contribution in [0.15, 0.2) is 30.7 Å². The second-order valence-electron chi connectivity index (χ2n) is 6.23. The van der Waals surface area contributed by atoms with Gasteiger partial charge in [0.2, 0.25) is 0 Å². The Morgan fingerprint density at radius 3 is 2.64 bits per heavy atom. The van der Waals surface area contributed by atoms with Crippen LogP contribution in [0.1, 0.15) is 21.7 Å². The van der Waals surface area contributed by atoms with Gasteiger partial charge in [-0.05, 0) is 18.6 Å². The Bertz CT molecular complexity index is 746. The maximum Gasteiger partial charge on any atom is 0.272 e. The fraction of sp³-hybridized carbons (Fsp3) is 0.444. The molecular formula is C18H21N5O2. The first-order chi connectivity index (χ1) is 12.3. The van der Waals surface area contributed by atoms with Gasteiger partial charge in [0.15, 0.2) is 0 Å². The summed E-state index contributed by atoms with van der Waals surface area (Å²) < 4.78 is 5.44. The van der Waals surface area contributed by atoms with Gasteiger partial charge in [-0.15, -0.1) is 0 Å². The van der Waals surface area contributed by atoms with Gasteiger partial charge in [0.05, 0.1) is 18.9 Å². The molecule has 130 valence electrons. The number of hydrogen-bond acceptors (Lipinski definition) is 6. The second kappa shape index (κ2) is 7.14. The van der Waals surface area contributed by atoms with Crippen molar-refractivity contribution in [1.82, 2.24) is 19.9 Å². The largest absolute Gasteiger partial charge is 0.378 e. The zero-order chi connectivity index (χ0) is 17.1. The van der Waals surface area contributed by atoms with E-state index in [1.165, 1.54) is 5.56 Å². The van der Waals surface area contributed by atoms with Crippen molar-refractivity contribution in [3.05, 3.63) is 47.7 Å². The van der Waals surface area contributed by atoms with Crippen molar-refractivity contribution >= 4 is 11.7 Å². The van der Waals surface area contributed by atoms with E-state index in [0.29, 0.717) is 18.8 Å². The molecule has 7 nitrogen and oxygen atoms in total. The standard InChI is InChI=1S/C18H21N5O2/c24-18(16-3-1-2-6-19-16)23-7-4-14-15(5-8-23)20-13-21-17(14)22-9-11-25-12-10-22/h1-3,6,13H,4-5,7-12H2. The summed E-state index contributed by atoms with van der Waals surface area (Å²) in [6, 6.07) is 5.42. The summed E-state index contributed by atoms with van der Waals surface area (Å²) in [6.45, 7) is 4.46. The molecule has 0 radical (unpaired) electrons. The monoisotopic (exact) mass is 339 g/mol. The van der Waals surface area contributed by atoms with Crippen molar-refractivity contribution in [2.75, 3.05) is 44.3 Å². The smallest absolute Gasteiger partial charge is 0.272 e. The van der Waals surface area contributed by atoms with Crippen LogP contribution in [0.25, 0.3) is 0 Å². The molecule has 2 aromatic heterocycles. The van der Waals surface area contributed by atoms with Crippen LogP contribution in [0.5, 0.6) is 0 Å². The third-order valence-corrected chi connectivity index (χ3v) is 4.74. The van der Waals surface area contributed by atoms with E-state index in [1.807, 2.05) is 17.0 Å². The number of amides is 1. The molecule has 0 unspecified atom stereocenters. The summed E-state index contributed by atoms with van der Waals surface area (Å²) in [5.74, 6) is 0.981. The molecule has 0 saturated carbocycles. The maximum atomic E-state index is 12.7. The predicted molar refractivity (Wildman–Crippen MR) is 92.6 cm³/mol. The van der Waals surface area contributed by atoms with Gasteiger partial charge in [-0.1, -0.05) is 6.07 Å². The van der Waals surface area contributed by atoms with E-state index in [9.17, 15) is 4.79 Å². The maximum absolute atomic E-state index is 12.7. The second-order valence-corrected chi connectivity index (χ2v) is 6.23. The molecule has 0 atom stereocenters. The molecule has 4 heterocycles. The average molecular weight is 339 g/mol. The summed E-state index contributed by atoms with van der Waals surface area (Å²) in [5.41, 5.74) is 2.71. The quantitative estimate of drug-likeness (QED) is 0.811. The number of hydrogen-bond donors (Lipinski definition) is 0. The van der Waals surface area contributed by atoms with Crippen LogP contribution >= 0.6 is 0 Å². The lowest BCUT2D eigenvalue weighted by atomic mass is 10.1. The summed E-state index contributed by atoms with van der Waals surface area (Å²) >= 11 is 0. The molecule has 0 aliphatic carbocycles. The molecule has 25 heavy (non-hydrogen) atoms. The first-order valence-corrected chi connectivity index (χ1v) is 8.68. The molecule has 1 amide bonds.